The van der Waals surface area contributed by atoms with Crippen molar-refractivity contribution in [3.63, 3.8) is 0 Å². The van der Waals surface area contributed by atoms with Crippen molar-refractivity contribution in [1.82, 2.24) is 5.32 Å². The normalized spacial score (nSPS) is 14.3. The first-order valence-corrected chi connectivity index (χ1v) is 35.9. The van der Waals surface area contributed by atoms with Gasteiger partial charge in [-0.1, -0.05) is 271 Å². The standard InChI is InChI=1S/C74H129N2O7P/c1-7-10-13-16-19-22-25-28-30-32-34-36-37-38-39-41-42-44-46-48-51-54-57-60-63-66-73(77)75-71(70-82-84(79,80)81-69-68-76(4,5)6)72(65-62-59-56-53-50-27-24-21-18-15-12-9-3)83-74(78)67-64-61-58-55-52-49-47-45-43-40-35-33-31-29-26-23-20-17-14-11-8-2/h11,14,19-20,22-23,28-31,34-36,38-40,45,47,62,65,71-72H,7-10,12-13,15-18,21,24-27,32-33,37,41-44,46,48-61,63-64,66-70H2,1-6H3,(H-,75,77,79,80)/p+1/b14-11-,22-19-,23-20-,30-28-,31-29-,36-34-,39-38-,40-35-,47-45-,65-62-. The molecule has 0 aliphatic heterocycles. The van der Waals surface area contributed by atoms with Crippen LogP contribution in [0.15, 0.2) is 122 Å². The van der Waals surface area contributed by atoms with Gasteiger partial charge in [0.15, 0.2) is 0 Å². The van der Waals surface area contributed by atoms with Gasteiger partial charge in [0.05, 0.1) is 33.8 Å². The van der Waals surface area contributed by atoms with Gasteiger partial charge in [0, 0.05) is 12.8 Å². The summed E-state index contributed by atoms with van der Waals surface area (Å²) in [4.78, 5) is 37.9. The fraction of sp³-hybridized carbons (Fsp3) is 0.703. The number of ether oxygens (including phenoxy) is 1. The second kappa shape index (κ2) is 62.5. The molecule has 0 aromatic heterocycles. The van der Waals surface area contributed by atoms with Crippen LogP contribution in [0.25, 0.3) is 0 Å². The van der Waals surface area contributed by atoms with Crippen molar-refractivity contribution in [3.8, 4) is 0 Å². The van der Waals surface area contributed by atoms with Gasteiger partial charge in [0.2, 0.25) is 5.91 Å². The smallest absolute Gasteiger partial charge is 0.456 e. The van der Waals surface area contributed by atoms with Gasteiger partial charge in [-0.05, 0) is 122 Å². The van der Waals surface area contributed by atoms with Crippen LogP contribution in [0.5, 0.6) is 0 Å². The maximum absolute atomic E-state index is 13.6. The second-order valence-corrected chi connectivity index (χ2v) is 25.4. The summed E-state index contributed by atoms with van der Waals surface area (Å²) >= 11 is 0. The van der Waals surface area contributed by atoms with E-state index in [9.17, 15) is 19.0 Å². The number of esters is 1. The fourth-order valence-electron chi connectivity index (χ4n) is 9.36. The van der Waals surface area contributed by atoms with Gasteiger partial charge in [-0.15, -0.1) is 0 Å². The molecule has 0 aliphatic carbocycles. The first-order valence-electron chi connectivity index (χ1n) is 34.4. The van der Waals surface area contributed by atoms with Gasteiger partial charge < -0.3 is 19.4 Å². The molecular weight excluding hydrogens is 1060 g/mol. The Labute approximate surface area is 518 Å². The largest absolute Gasteiger partial charge is 0.472 e. The van der Waals surface area contributed by atoms with Crippen LogP contribution in [0.4, 0.5) is 0 Å². The highest BCUT2D eigenvalue weighted by Gasteiger charge is 2.30. The summed E-state index contributed by atoms with van der Waals surface area (Å²) in [6, 6.07) is -0.869. The van der Waals surface area contributed by atoms with Gasteiger partial charge in [0.1, 0.15) is 19.3 Å². The molecule has 3 atom stereocenters. The molecule has 0 fully saturated rings. The maximum atomic E-state index is 13.6. The lowest BCUT2D eigenvalue weighted by atomic mass is 10.0. The third kappa shape index (κ3) is 62.9. The third-order valence-corrected chi connectivity index (χ3v) is 15.6. The van der Waals surface area contributed by atoms with Crippen molar-refractivity contribution in [3.05, 3.63) is 122 Å². The number of nitrogens with zero attached hydrogens (tertiary/aromatic N) is 1. The summed E-state index contributed by atoms with van der Waals surface area (Å²) in [7, 11) is 1.47. The van der Waals surface area contributed by atoms with E-state index < -0.39 is 20.0 Å². The zero-order valence-electron chi connectivity index (χ0n) is 55.1. The fourth-order valence-corrected chi connectivity index (χ4v) is 10.1. The highest BCUT2D eigenvalue weighted by Crippen LogP contribution is 2.43. The molecule has 0 aromatic carbocycles. The van der Waals surface area contributed by atoms with Crippen molar-refractivity contribution in [1.29, 1.82) is 0 Å². The number of allylic oxidation sites excluding steroid dienone is 19. The number of likely N-dealkylation sites (N-methyl/N-ethyl adjacent to an activating group) is 1. The van der Waals surface area contributed by atoms with E-state index in [4.69, 9.17) is 13.8 Å². The lowest BCUT2D eigenvalue weighted by Gasteiger charge is -2.27. The number of unbranched alkanes of at least 4 members (excludes halogenated alkanes) is 27. The highest BCUT2D eigenvalue weighted by atomic mass is 31.2. The van der Waals surface area contributed by atoms with E-state index in [1.54, 1.807) is 0 Å². The molecule has 482 valence electrons. The summed E-state index contributed by atoms with van der Waals surface area (Å²) in [6.45, 7) is 6.85. The lowest BCUT2D eigenvalue weighted by molar-refractivity contribution is -0.870. The summed E-state index contributed by atoms with van der Waals surface area (Å²) < 4.78 is 30.8. The average Bonchev–Trinajstić information content (AvgIpc) is 3.65. The minimum atomic E-state index is -4.47. The molecule has 10 heteroatoms. The number of rotatable bonds is 61. The van der Waals surface area contributed by atoms with Crippen LogP contribution < -0.4 is 5.32 Å². The molecule has 1 amide bonds. The van der Waals surface area contributed by atoms with Crippen LogP contribution in [0.1, 0.15) is 284 Å². The number of hydrogen-bond donors (Lipinski definition) is 2. The van der Waals surface area contributed by atoms with Gasteiger partial charge in [-0.25, -0.2) is 4.57 Å². The summed E-state index contributed by atoms with van der Waals surface area (Å²) in [5, 5.41) is 3.06. The molecule has 0 spiro atoms. The van der Waals surface area contributed by atoms with Crippen LogP contribution >= 0.6 is 7.82 Å². The number of carbonyl (C=O) groups excluding carboxylic acids is 2. The van der Waals surface area contributed by atoms with Crippen molar-refractivity contribution < 1.29 is 37.3 Å². The minimum absolute atomic E-state index is 0.0294. The molecule has 0 aliphatic rings. The van der Waals surface area contributed by atoms with E-state index in [2.05, 4.69) is 135 Å². The van der Waals surface area contributed by atoms with Gasteiger partial charge in [-0.2, -0.15) is 0 Å². The molecule has 0 saturated carbocycles. The van der Waals surface area contributed by atoms with E-state index >= 15 is 0 Å². The Morgan fingerprint density at radius 3 is 1.17 bits per heavy atom. The van der Waals surface area contributed by atoms with E-state index in [1.807, 2.05) is 33.3 Å². The Morgan fingerprint density at radius 1 is 0.429 bits per heavy atom. The maximum Gasteiger partial charge on any atom is 0.472 e. The molecular formula is C74H130N2O7P+. The van der Waals surface area contributed by atoms with Crippen LogP contribution in [-0.4, -0.2) is 74.3 Å². The van der Waals surface area contributed by atoms with Crippen LogP contribution in [0.2, 0.25) is 0 Å². The SMILES string of the molecule is CC/C=C\C/C=C\C/C=C\C/C=C\C/C=C\CCCCCCCC(=O)OC(/C=C\CCCCCCCCCCCC)C(COP(=O)(O)OCC[N+](C)(C)C)NC(=O)CCCCCCCCCCC/C=C\C/C=C\C/C=C\C/C=C\CCCCC. The Balaban J connectivity index is 5.18. The van der Waals surface area contributed by atoms with Crippen molar-refractivity contribution >= 4 is 19.7 Å². The Morgan fingerprint density at radius 2 is 0.762 bits per heavy atom. The van der Waals surface area contributed by atoms with Gasteiger partial charge in [-0.3, -0.25) is 18.6 Å². The first kappa shape index (κ1) is 80.4. The topological polar surface area (TPSA) is 111 Å². The summed E-state index contributed by atoms with van der Waals surface area (Å²) in [5.41, 5.74) is 0. The summed E-state index contributed by atoms with van der Waals surface area (Å²) in [5.74, 6) is -0.537. The van der Waals surface area contributed by atoms with E-state index in [-0.39, 0.29) is 31.5 Å². The predicted octanol–water partition coefficient (Wildman–Crippen LogP) is 21.8. The minimum Gasteiger partial charge on any atom is -0.456 e. The van der Waals surface area contributed by atoms with Crippen molar-refractivity contribution in [2.75, 3.05) is 40.9 Å². The van der Waals surface area contributed by atoms with Crippen molar-refractivity contribution in [2.45, 2.75) is 296 Å². The lowest BCUT2D eigenvalue weighted by Crippen LogP contribution is -2.47. The summed E-state index contributed by atoms with van der Waals surface area (Å²) in [6.07, 6.45) is 87.7. The average molecular weight is 1190 g/mol. The third-order valence-electron chi connectivity index (χ3n) is 14.6. The molecule has 0 bridgehead atoms. The van der Waals surface area contributed by atoms with Crippen molar-refractivity contribution in [2.24, 2.45) is 0 Å². The molecule has 0 aromatic rings. The molecule has 0 rings (SSSR count). The van der Waals surface area contributed by atoms with E-state index in [0.717, 1.165) is 135 Å². The van der Waals surface area contributed by atoms with E-state index in [1.165, 1.54) is 109 Å². The Bertz CT molecular complexity index is 1850. The highest BCUT2D eigenvalue weighted by molar-refractivity contribution is 7.47. The molecule has 0 radical (unpaired) electrons. The Hall–Kier alpha value is -3.59. The monoisotopic (exact) mass is 1190 g/mol. The number of hydrogen-bond acceptors (Lipinski definition) is 6. The number of amides is 1. The Kier molecular flexibility index (Phi) is 59.8. The van der Waals surface area contributed by atoms with Crippen LogP contribution in [0, 0.1) is 0 Å². The van der Waals surface area contributed by atoms with Crippen LogP contribution in [0.3, 0.4) is 0 Å². The number of phosphoric acid groups is 1. The quantitative estimate of drug-likeness (QED) is 0.0205. The molecule has 2 N–H and O–H groups in total. The van der Waals surface area contributed by atoms with Gasteiger partial charge >= 0.3 is 13.8 Å². The molecule has 9 nitrogen and oxygen atoms in total. The number of phosphoric ester groups is 1. The zero-order chi connectivity index (χ0) is 61.4. The number of nitrogens with one attached hydrogen (secondary N) is 1. The number of carbonyl (C=O) groups is 2. The molecule has 0 saturated heterocycles. The van der Waals surface area contributed by atoms with E-state index in [0.29, 0.717) is 23.9 Å². The molecule has 84 heavy (non-hydrogen) atoms. The van der Waals surface area contributed by atoms with Gasteiger partial charge in [0.25, 0.3) is 0 Å². The predicted molar refractivity (Wildman–Crippen MR) is 364 cm³/mol. The molecule has 0 heterocycles. The zero-order valence-corrected chi connectivity index (χ0v) is 56.0. The number of quaternary nitrogens is 1. The van der Waals surface area contributed by atoms with Crippen LogP contribution in [-0.2, 0) is 27.9 Å². The first-order chi connectivity index (χ1) is 40.9. The second-order valence-electron chi connectivity index (χ2n) is 24.0. The molecule has 3 unspecified atom stereocenters.